The lowest BCUT2D eigenvalue weighted by atomic mass is 9.72. The summed E-state index contributed by atoms with van der Waals surface area (Å²) in [6.07, 6.45) is 7.87. The Bertz CT molecular complexity index is 384. The van der Waals surface area contributed by atoms with Crippen LogP contribution in [0, 0.1) is 11.8 Å². The van der Waals surface area contributed by atoms with Gasteiger partial charge in [0.1, 0.15) is 5.60 Å². The molecule has 2 saturated heterocycles. The lowest BCUT2D eigenvalue weighted by Gasteiger charge is -2.52. The van der Waals surface area contributed by atoms with Crippen LogP contribution in [0.3, 0.4) is 0 Å². The highest BCUT2D eigenvalue weighted by atomic mass is 16.6. The minimum absolute atomic E-state index is 0.110. The molecule has 0 aromatic carbocycles. The molecule has 0 radical (unpaired) electrons. The van der Waals surface area contributed by atoms with Crippen molar-refractivity contribution in [1.82, 2.24) is 9.80 Å². The van der Waals surface area contributed by atoms with E-state index < -0.39 is 5.60 Å². The van der Waals surface area contributed by atoms with Gasteiger partial charge in [-0.3, -0.25) is 4.90 Å². The van der Waals surface area contributed by atoms with Gasteiger partial charge in [-0.25, -0.2) is 4.79 Å². The zero-order valence-electron chi connectivity index (χ0n) is 14.5. The first kappa shape index (κ1) is 16.1. The second-order valence-corrected chi connectivity index (χ2v) is 8.42. The molecule has 2 unspecified atom stereocenters. The van der Waals surface area contributed by atoms with Crippen LogP contribution in [0.2, 0.25) is 0 Å². The Hall–Kier alpha value is -0.770. The second-order valence-electron chi connectivity index (χ2n) is 8.42. The van der Waals surface area contributed by atoms with E-state index in [1.165, 1.54) is 51.6 Å². The van der Waals surface area contributed by atoms with E-state index in [2.05, 4.69) is 4.90 Å². The largest absolute Gasteiger partial charge is 0.444 e. The number of hydrogen-bond donors (Lipinski definition) is 0. The molecule has 1 saturated carbocycles. The van der Waals surface area contributed by atoms with E-state index in [1.807, 2.05) is 25.7 Å². The van der Waals surface area contributed by atoms with Crippen LogP contribution in [0.4, 0.5) is 4.79 Å². The minimum atomic E-state index is -0.393. The fraction of sp³-hybridized carbons (Fsp3) is 0.944. The maximum Gasteiger partial charge on any atom is 0.410 e. The Kier molecular flexibility index (Phi) is 4.67. The zero-order valence-corrected chi connectivity index (χ0v) is 14.5. The lowest BCUT2D eigenvalue weighted by Crippen LogP contribution is -2.60. The molecule has 0 aromatic rings. The second kappa shape index (κ2) is 6.38. The quantitative estimate of drug-likeness (QED) is 0.743. The summed E-state index contributed by atoms with van der Waals surface area (Å²) < 4.78 is 5.60. The molecule has 2 heterocycles. The van der Waals surface area contributed by atoms with Crippen LogP contribution in [-0.2, 0) is 4.74 Å². The van der Waals surface area contributed by atoms with Gasteiger partial charge < -0.3 is 9.64 Å². The van der Waals surface area contributed by atoms with Crippen LogP contribution < -0.4 is 0 Å². The van der Waals surface area contributed by atoms with Crippen molar-refractivity contribution in [1.29, 1.82) is 0 Å². The van der Waals surface area contributed by atoms with Crippen molar-refractivity contribution in [3.8, 4) is 0 Å². The van der Waals surface area contributed by atoms with Crippen molar-refractivity contribution >= 4 is 6.09 Å². The fourth-order valence-corrected chi connectivity index (χ4v) is 4.70. The molecule has 2 aliphatic heterocycles. The van der Waals surface area contributed by atoms with E-state index in [4.69, 9.17) is 4.74 Å². The highest BCUT2D eigenvalue weighted by Gasteiger charge is 2.44. The van der Waals surface area contributed by atoms with Crippen LogP contribution in [0.25, 0.3) is 0 Å². The molecule has 1 amide bonds. The van der Waals surface area contributed by atoms with Gasteiger partial charge in [0.15, 0.2) is 0 Å². The summed E-state index contributed by atoms with van der Waals surface area (Å²) in [5.74, 6) is 1.30. The van der Waals surface area contributed by atoms with E-state index in [0.29, 0.717) is 17.9 Å². The number of fused-ring (bicyclic) bond motifs is 2. The summed E-state index contributed by atoms with van der Waals surface area (Å²) >= 11 is 0. The minimum Gasteiger partial charge on any atom is -0.444 e. The van der Waals surface area contributed by atoms with Crippen molar-refractivity contribution in [2.75, 3.05) is 26.2 Å². The average Bonchev–Trinajstić information content (AvgIpc) is 2.45. The van der Waals surface area contributed by atoms with Gasteiger partial charge in [0.25, 0.3) is 0 Å². The van der Waals surface area contributed by atoms with Gasteiger partial charge in [-0.15, -0.1) is 0 Å². The van der Waals surface area contributed by atoms with Gasteiger partial charge in [0.05, 0.1) is 0 Å². The number of carbonyl (C=O) groups is 1. The van der Waals surface area contributed by atoms with Gasteiger partial charge in [0.2, 0.25) is 0 Å². The number of carbonyl (C=O) groups excluding carboxylic acids is 1. The Morgan fingerprint density at radius 3 is 2.09 bits per heavy atom. The maximum atomic E-state index is 12.4. The Morgan fingerprint density at radius 1 is 0.955 bits per heavy atom. The molecular weight excluding hydrogens is 276 g/mol. The summed E-state index contributed by atoms with van der Waals surface area (Å²) in [7, 11) is 0. The molecule has 0 spiro atoms. The van der Waals surface area contributed by atoms with Gasteiger partial charge in [-0.05, 0) is 71.4 Å². The molecule has 2 atom stereocenters. The number of rotatable bonds is 1. The van der Waals surface area contributed by atoms with Crippen LogP contribution in [0.5, 0.6) is 0 Å². The molecular formula is C18H32N2O2. The first-order valence-electron chi connectivity index (χ1n) is 9.16. The number of likely N-dealkylation sites (tertiary alicyclic amines) is 2. The van der Waals surface area contributed by atoms with Crippen LogP contribution in [0.1, 0.15) is 59.3 Å². The molecule has 126 valence electrons. The monoisotopic (exact) mass is 308 g/mol. The van der Waals surface area contributed by atoms with Gasteiger partial charge >= 0.3 is 6.09 Å². The van der Waals surface area contributed by atoms with Gasteiger partial charge in [-0.1, -0.05) is 12.8 Å². The topological polar surface area (TPSA) is 32.8 Å². The molecule has 0 aromatic heterocycles. The Balaban J connectivity index is 1.66. The summed E-state index contributed by atoms with van der Waals surface area (Å²) in [5, 5.41) is 0. The van der Waals surface area contributed by atoms with Crippen LogP contribution >= 0.6 is 0 Å². The molecule has 0 N–H and O–H groups in total. The van der Waals surface area contributed by atoms with E-state index >= 15 is 0 Å². The number of hydrogen-bond acceptors (Lipinski definition) is 3. The summed E-state index contributed by atoms with van der Waals surface area (Å²) in [6.45, 7) is 10.2. The Labute approximate surface area is 135 Å². The van der Waals surface area contributed by atoms with Crippen molar-refractivity contribution in [2.45, 2.75) is 70.9 Å². The van der Waals surface area contributed by atoms with Crippen molar-refractivity contribution in [2.24, 2.45) is 11.8 Å². The SMILES string of the molecule is CC(C)(C)OC(=O)N1CC2CCCC(C1)C2N1CCCCC1. The zero-order chi connectivity index (χ0) is 15.7. The molecule has 3 rings (SSSR count). The average molecular weight is 308 g/mol. The molecule has 2 bridgehead atoms. The Morgan fingerprint density at radius 2 is 1.55 bits per heavy atom. The first-order valence-corrected chi connectivity index (χ1v) is 9.16. The van der Waals surface area contributed by atoms with Crippen molar-refractivity contribution in [3.63, 3.8) is 0 Å². The van der Waals surface area contributed by atoms with Gasteiger partial charge in [0, 0.05) is 19.1 Å². The normalized spacial score (nSPS) is 33.6. The smallest absolute Gasteiger partial charge is 0.410 e. The summed E-state index contributed by atoms with van der Waals surface area (Å²) in [4.78, 5) is 17.1. The first-order chi connectivity index (χ1) is 10.4. The number of piperidine rings is 2. The standard InChI is InChI=1S/C18H32N2O2/c1-18(2,3)22-17(21)20-12-14-8-7-9-15(13-20)16(14)19-10-5-4-6-11-19/h14-16H,4-13H2,1-3H3. The van der Waals surface area contributed by atoms with Crippen molar-refractivity contribution < 1.29 is 9.53 Å². The molecule has 4 heteroatoms. The molecule has 3 fully saturated rings. The lowest BCUT2D eigenvalue weighted by molar-refractivity contribution is -0.0394. The third kappa shape index (κ3) is 3.58. The van der Waals surface area contributed by atoms with Gasteiger partial charge in [-0.2, -0.15) is 0 Å². The number of nitrogens with zero attached hydrogens (tertiary/aromatic N) is 2. The predicted molar refractivity (Wildman–Crippen MR) is 87.9 cm³/mol. The number of ether oxygens (including phenoxy) is 1. The number of amides is 1. The molecule has 22 heavy (non-hydrogen) atoms. The van der Waals surface area contributed by atoms with Crippen LogP contribution in [-0.4, -0.2) is 53.7 Å². The third-order valence-corrected chi connectivity index (χ3v) is 5.49. The molecule has 4 nitrogen and oxygen atoms in total. The highest BCUT2D eigenvalue weighted by molar-refractivity contribution is 5.68. The van der Waals surface area contributed by atoms with E-state index in [-0.39, 0.29) is 6.09 Å². The maximum absolute atomic E-state index is 12.4. The van der Waals surface area contributed by atoms with E-state index in [9.17, 15) is 4.79 Å². The molecule has 3 aliphatic rings. The van der Waals surface area contributed by atoms with Crippen molar-refractivity contribution in [3.05, 3.63) is 0 Å². The third-order valence-electron chi connectivity index (χ3n) is 5.49. The van der Waals surface area contributed by atoms with E-state index in [0.717, 1.165) is 13.1 Å². The summed E-state index contributed by atoms with van der Waals surface area (Å²) in [6, 6.07) is 0.715. The summed E-state index contributed by atoms with van der Waals surface area (Å²) in [5.41, 5.74) is -0.393. The highest BCUT2D eigenvalue weighted by Crippen LogP contribution is 2.39. The van der Waals surface area contributed by atoms with Crippen LogP contribution in [0.15, 0.2) is 0 Å². The van der Waals surface area contributed by atoms with E-state index in [1.54, 1.807) is 0 Å². The fourth-order valence-electron chi connectivity index (χ4n) is 4.70. The molecule has 1 aliphatic carbocycles. The predicted octanol–water partition coefficient (Wildman–Crippen LogP) is 3.51.